The molecule has 8 bridgehead atoms. The van der Waals surface area contributed by atoms with Crippen molar-refractivity contribution in [3.8, 4) is 17.6 Å². The average Bonchev–Trinajstić information content (AvgIpc) is 1.54. The molecule has 0 amide bonds. The molecule has 25 atom stereocenters. The molecule has 1 aromatic carbocycles. The van der Waals surface area contributed by atoms with Crippen molar-refractivity contribution in [2.45, 2.75) is 153 Å². The van der Waals surface area contributed by atoms with Gasteiger partial charge in [-0.3, -0.25) is 19.4 Å². The van der Waals surface area contributed by atoms with E-state index in [1.54, 1.807) is 35.4 Å². The predicted octanol–water partition coefficient (Wildman–Crippen LogP) is 7.37. The lowest BCUT2D eigenvalue weighted by Crippen LogP contribution is -2.71. The van der Waals surface area contributed by atoms with Crippen molar-refractivity contribution in [2.24, 2.45) is 122 Å². The maximum atomic E-state index is 16.3. The Balaban J connectivity index is 0.990. The summed E-state index contributed by atoms with van der Waals surface area (Å²) in [6, 6.07) is 8.88. The minimum Gasteiger partial charge on any atom is -0.508 e. The number of aromatic hydroxyl groups is 1. The number of nitrogens with zero attached hydrogens (tertiary/aromatic N) is 1. The third-order valence-corrected chi connectivity index (χ3v) is 27.3. The molecule has 2 saturated heterocycles. The summed E-state index contributed by atoms with van der Waals surface area (Å²) in [5, 5.41) is 80.5. The van der Waals surface area contributed by atoms with Gasteiger partial charge in [0.2, 0.25) is 0 Å². The lowest BCUT2D eigenvalue weighted by atomic mass is 9.37. The van der Waals surface area contributed by atoms with Crippen molar-refractivity contribution in [2.75, 3.05) is 31.2 Å². The summed E-state index contributed by atoms with van der Waals surface area (Å²) in [7, 11) is 3.11. The van der Waals surface area contributed by atoms with Gasteiger partial charge >= 0.3 is 5.97 Å². The zero-order valence-electron chi connectivity index (χ0n) is 49.2. The van der Waals surface area contributed by atoms with E-state index in [1.165, 1.54) is 10.8 Å². The van der Waals surface area contributed by atoms with Gasteiger partial charge in [0.1, 0.15) is 5.75 Å². The van der Waals surface area contributed by atoms with E-state index in [4.69, 9.17) is 21.2 Å². The number of ether oxygens (including phenoxy) is 1. The number of aliphatic hydroxyl groups excluding tert-OH is 3. The Hall–Kier alpha value is -4.28. The number of esters is 1. The van der Waals surface area contributed by atoms with Crippen LogP contribution in [0.25, 0.3) is 0 Å². The van der Waals surface area contributed by atoms with Crippen molar-refractivity contribution >= 4 is 45.1 Å². The first-order valence-electron chi connectivity index (χ1n) is 31.8. The normalized spacial score (nSPS) is 47.2. The van der Waals surface area contributed by atoms with Gasteiger partial charge < -0.3 is 57.1 Å². The minimum atomic E-state index is -1.86. The lowest BCUT2D eigenvalue weighted by molar-refractivity contribution is -0.230. The average molecular weight is 1190 g/mol. The number of aliphatic imine (C=N–C) groups is 1. The number of cyclic esters (lactones) is 1. The van der Waals surface area contributed by atoms with Gasteiger partial charge in [-0.1, -0.05) is 72.1 Å². The number of hydrogen-bond acceptors (Lipinski definition) is 14. The molecule has 1 spiro atoms. The zero-order valence-corrected chi connectivity index (χ0v) is 50.8. The minimum absolute atomic E-state index is 0.0368. The number of allylic oxidation sites excluding steroid dienone is 3. The molecule has 17 heteroatoms. The number of Topliss-reactive ketones (excluding diaryl/α,β-unsaturated/α-hetero) is 2. The van der Waals surface area contributed by atoms with Gasteiger partial charge in [0.05, 0.1) is 54.3 Å². The van der Waals surface area contributed by atoms with Crippen LogP contribution in [0.2, 0.25) is 0 Å². The van der Waals surface area contributed by atoms with E-state index in [0.717, 1.165) is 43.2 Å². The third kappa shape index (κ3) is 9.31. The van der Waals surface area contributed by atoms with Gasteiger partial charge in [0, 0.05) is 84.2 Å². The maximum Gasteiger partial charge on any atom is 0.313 e. The molecule has 8 fully saturated rings. The number of nitrogens with two attached hydrogens (primary N) is 2. The van der Waals surface area contributed by atoms with Crippen LogP contribution in [0, 0.1) is 117 Å². The van der Waals surface area contributed by atoms with Gasteiger partial charge in [-0.15, -0.1) is 5.92 Å². The quantitative estimate of drug-likeness (QED) is 0.0350. The van der Waals surface area contributed by atoms with Gasteiger partial charge in [-0.2, -0.15) is 0 Å². The van der Waals surface area contributed by atoms with E-state index in [9.17, 15) is 35.1 Å². The molecule has 12 N–H and O–H groups in total. The molecule has 454 valence electrons. The molecule has 15 nitrogen and oxygen atoms in total. The van der Waals surface area contributed by atoms with Crippen LogP contribution in [0.3, 0.4) is 0 Å². The first kappa shape index (κ1) is 58.7. The highest BCUT2D eigenvalue weighted by atomic mass is 33.1. The number of nitrogens with one attached hydrogen (secondary N) is 2. The number of hydrogen-bond donors (Lipinski definition) is 10. The zero-order chi connectivity index (χ0) is 58.9. The van der Waals surface area contributed by atoms with E-state index >= 15 is 9.90 Å². The summed E-state index contributed by atoms with van der Waals surface area (Å²) in [4.78, 5) is 52.9. The second-order valence-electron chi connectivity index (χ2n) is 29.0. The third-order valence-electron chi connectivity index (χ3n) is 24.7. The Morgan fingerprint density at radius 1 is 0.869 bits per heavy atom. The van der Waals surface area contributed by atoms with Crippen molar-refractivity contribution < 1.29 is 49.8 Å². The van der Waals surface area contributed by atoms with Crippen LogP contribution in [0.1, 0.15) is 134 Å². The van der Waals surface area contributed by atoms with Crippen LogP contribution in [0.4, 0.5) is 0 Å². The van der Waals surface area contributed by atoms with Crippen LogP contribution in [0.15, 0.2) is 70.6 Å². The molecule has 2 aliphatic heterocycles. The SMILES string of the molecule is C[C@@H]1CCC2=C[C@H]3CC[C@H]4[C@H]([C@H]5COC(=O)[C@@H]5c5cc[nH]c5)C#CC[C@@H]5C[C@@]6(O)C7=C8NCC(=O)C[C@H](c9ccc(O)cc9)CSSC[C@H]9[C@@H](O)[C@@H](O)C[C@](C)([C@H]7[C@@H]7CC[C@@H](CN=C(N)N)[C@@]6(C7)[C@H]5[C@@](C)(O)[C@H](O)C[C@@H](C)[C@H]3[C@@H]4[C@H]2C1)[C@@H]9C8=O. The van der Waals surface area contributed by atoms with Crippen molar-refractivity contribution in [3.05, 3.63) is 76.8 Å². The summed E-state index contributed by atoms with van der Waals surface area (Å²) in [5.41, 5.74) is 10.6. The molecule has 11 aliphatic rings. The second-order valence-corrected chi connectivity index (χ2v) is 31.6. The molecule has 3 heterocycles. The standard InChI is InChI=1S/C67H89N5O10S2/c1-33-8-9-36-22-37-13-17-46-45(48-30-82-62(79)53(48)40-18-19-70-27-40)7-5-6-39-25-67(81)57-55(38-10-14-42(28-72-63(68)69)66(67,24-38)61(39)65(4,80)51(76)21-34(2)52(37)54(46)47(36)20-33)64(3)26-50(75)59(77)49-32-84-83-31-41(35-11-15-43(73)16-12-35)23-44(74)29-71-58(57)60(78)56(49)64/h11-12,15-16,18-19,22,27,33-34,37-39,41-42,45-56,59,61,70-71,73,75-77,80-81H,6,8-10,13-14,17,20-21,23-26,28-32H2,1-4H3,(H4,68,69,72)/t33-,34-,37-,38-,39-,41+,42+,45-,46+,47+,48-,49-,50+,51-,52-,53-,54+,55+,56+,59-,61-,64-,65+,66+,67-/m1/s1. The number of aromatic amines is 1. The Kier molecular flexibility index (Phi) is 15.4. The largest absolute Gasteiger partial charge is 0.508 e. The Morgan fingerprint density at radius 2 is 1.65 bits per heavy atom. The monoisotopic (exact) mass is 1190 g/mol. The number of guanidine groups is 1. The highest BCUT2D eigenvalue weighted by molar-refractivity contribution is 8.76. The molecule has 2 aromatic rings. The van der Waals surface area contributed by atoms with E-state index in [-0.39, 0.29) is 134 Å². The number of ketones is 2. The highest BCUT2D eigenvalue weighted by Crippen LogP contribution is 2.77. The van der Waals surface area contributed by atoms with Gasteiger partial charge in [-0.05, 0) is 183 Å². The highest BCUT2D eigenvalue weighted by Gasteiger charge is 2.79. The molecular formula is C67H89N5O10S2. The van der Waals surface area contributed by atoms with E-state index in [0.29, 0.717) is 54.6 Å². The fraction of sp³-hybridized carbons (Fsp3) is 0.701. The number of phenols is 1. The lowest BCUT2D eigenvalue weighted by Gasteiger charge is -2.68. The topological polar surface area (TPSA) is 274 Å². The van der Waals surface area contributed by atoms with Gasteiger partial charge in [0.15, 0.2) is 17.5 Å². The van der Waals surface area contributed by atoms with Crippen molar-refractivity contribution in [1.29, 1.82) is 0 Å². The van der Waals surface area contributed by atoms with Crippen LogP contribution in [-0.4, -0.2) is 120 Å². The van der Waals surface area contributed by atoms with E-state index < -0.39 is 81.8 Å². The summed E-state index contributed by atoms with van der Waals surface area (Å²) in [6.45, 7) is 8.68. The first-order chi connectivity index (χ1) is 40.2. The molecule has 6 saturated carbocycles. The number of H-pyrrole nitrogens is 1. The van der Waals surface area contributed by atoms with Crippen LogP contribution < -0.4 is 16.8 Å². The number of phenolic OH excluding ortho intramolecular Hbond substituents is 1. The molecule has 1 aromatic heterocycles. The number of benzene rings is 1. The molecular weight excluding hydrogens is 1100 g/mol. The van der Waals surface area contributed by atoms with Crippen LogP contribution >= 0.6 is 21.6 Å². The molecule has 0 radical (unpaired) electrons. The predicted molar refractivity (Wildman–Crippen MR) is 323 cm³/mol. The summed E-state index contributed by atoms with van der Waals surface area (Å²) >= 11 is 0. The maximum absolute atomic E-state index is 16.3. The fourth-order valence-corrected chi connectivity index (χ4v) is 24.4. The summed E-state index contributed by atoms with van der Waals surface area (Å²) in [5.74, 6) is 4.62. The summed E-state index contributed by atoms with van der Waals surface area (Å²) in [6.07, 6.45) is 10.5. The summed E-state index contributed by atoms with van der Waals surface area (Å²) < 4.78 is 6.09. The van der Waals surface area contributed by atoms with Crippen molar-refractivity contribution in [3.63, 3.8) is 0 Å². The van der Waals surface area contributed by atoms with Gasteiger partial charge in [0.25, 0.3) is 0 Å². The van der Waals surface area contributed by atoms with Crippen LogP contribution in [-0.2, 0) is 19.1 Å². The van der Waals surface area contributed by atoms with Crippen LogP contribution in [0.5, 0.6) is 5.75 Å². The second kappa shape index (κ2) is 22.1. The number of rotatable bonds is 5. The number of carbonyl (C=O) groups is 3. The molecule has 84 heavy (non-hydrogen) atoms. The number of aliphatic hydroxyl groups is 5. The Bertz CT molecular complexity index is 3040. The first-order valence-corrected chi connectivity index (χ1v) is 34.2. The Labute approximate surface area is 502 Å². The number of carbonyl (C=O) groups excluding carboxylic acids is 3. The number of aromatic nitrogens is 1. The smallest absolute Gasteiger partial charge is 0.313 e. The number of fused-ring (bicyclic) bond motifs is 8. The fourth-order valence-electron chi connectivity index (χ4n) is 21.7. The molecule has 9 aliphatic carbocycles. The Morgan fingerprint density at radius 3 is 2.42 bits per heavy atom. The van der Waals surface area contributed by atoms with E-state index in [1.807, 2.05) is 30.6 Å². The van der Waals surface area contributed by atoms with Gasteiger partial charge in [-0.25, -0.2) is 0 Å². The van der Waals surface area contributed by atoms with E-state index in [2.05, 4.69) is 49.0 Å². The molecule has 0 unspecified atom stereocenters. The van der Waals surface area contributed by atoms with Crippen molar-refractivity contribution in [1.82, 2.24) is 10.3 Å². The molecule has 13 rings (SSSR count).